The SMILES string of the molecule is CC12CCC(C=O)(CC1OC(=O)c1ccccc1)C2(C)C. The molecule has 0 aliphatic heterocycles. The molecule has 2 saturated carbocycles. The van der Waals surface area contributed by atoms with Crippen LogP contribution in [0.3, 0.4) is 0 Å². The minimum atomic E-state index is -0.344. The summed E-state index contributed by atoms with van der Waals surface area (Å²) in [6, 6.07) is 9.06. The molecule has 2 bridgehead atoms. The lowest BCUT2D eigenvalue weighted by molar-refractivity contribution is -0.120. The summed E-state index contributed by atoms with van der Waals surface area (Å²) < 4.78 is 5.80. The molecule has 3 rings (SSSR count). The van der Waals surface area contributed by atoms with Crippen LogP contribution in [-0.4, -0.2) is 18.4 Å². The molecule has 1 aromatic rings. The van der Waals surface area contributed by atoms with E-state index in [-0.39, 0.29) is 28.3 Å². The molecule has 0 N–H and O–H groups in total. The van der Waals surface area contributed by atoms with Gasteiger partial charge in [-0.05, 0) is 36.8 Å². The van der Waals surface area contributed by atoms with Crippen molar-refractivity contribution in [1.29, 1.82) is 0 Å². The number of rotatable bonds is 3. The molecule has 0 amide bonds. The van der Waals surface area contributed by atoms with Gasteiger partial charge < -0.3 is 9.53 Å². The molecule has 21 heavy (non-hydrogen) atoms. The standard InChI is InChI=1S/C18H22O3/c1-16(2)17(3)9-10-18(16,12-19)11-14(17)21-15(20)13-7-5-4-6-8-13/h4-8,12,14H,9-11H2,1-3H3. The molecule has 0 heterocycles. The van der Waals surface area contributed by atoms with Crippen LogP contribution < -0.4 is 0 Å². The Morgan fingerprint density at radius 3 is 2.43 bits per heavy atom. The van der Waals surface area contributed by atoms with E-state index in [4.69, 9.17) is 4.74 Å². The van der Waals surface area contributed by atoms with E-state index in [2.05, 4.69) is 20.8 Å². The summed E-state index contributed by atoms with van der Waals surface area (Å²) in [6.45, 7) is 6.45. The number of hydrogen-bond acceptors (Lipinski definition) is 3. The topological polar surface area (TPSA) is 43.4 Å². The third-order valence-electron chi connectivity index (χ3n) is 6.51. The maximum atomic E-state index is 12.3. The van der Waals surface area contributed by atoms with Crippen molar-refractivity contribution < 1.29 is 14.3 Å². The Morgan fingerprint density at radius 2 is 1.86 bits per heavy atom. The highest BCUT2D eigenvalue weighted by atomic mass is 16.5. The van der Waals surface area contributed by atoms with Gasteiger partial charge >= 0.3 is 5.97 Å². The number of esters is 1. The van der Waals surface area contributed by atoms with E-state index in [1.165, 1.54) is 0 Å². The molecule has 2 aliphatic rings. The molecular formula is C18H22O3. The molecule has 0 aromatic heterocycles. The second-order valence-corrected chi connectivity index (χ2v) is 7.28. The maximum Gasteiger partial charge on any atom is 0.338 e. The van der Waals surface area contributed by atoms with Gasteiger partial charge in [-0.2, -0.15) is 0 Å². The Balaban J connectivity index is 1.86. The van der Waals surface area contributed by atoms with E-state index in [0.29, 0.717) is 12.0 Å². The van der Waals surface area contributed by atoms with Gasteiger partial charge in [-0.1, -0.05) is 39.0 Å². The lowest BCUT2D eigenvalue weighted by Crippen LogP contribution is -2.39. The Morgan fingerprint density at radius 1 is 1.19 bits per heavy atom. The van der Waals surface area contributed by atoms with Crippen molar-refractivity contribution >= 4 is 12.3 Å². The number of fused-ring (bicyclic) bond motifs is 2. The lowest BCUT2D eigenvalue weighted by Gasteiger charge is -2.39. The van der Waals surface area contributed by atoms with E-state index in [0.717, 1.165) is 19.1 Å². The summed E-state index contributed by atoms with van der Waals surface area (Å²) in [7, 11) is 0. The fraction of sp³-hybridized carbons (Fsp3) is 0.556. The van der Waals surface area contributed by atoms with Gasteiger partial charge in [-0.25, -0.2) is 4.79 Å². The second-order valence-electron chi connectivity index (χ2n) is 7.28. The molecule has 3 nitrogen and oxygen atoms in total. The molecule has 2 aliphatic carbocycles. The summed E-state index contributed by atoms with van der Waals surface area (Å²) in [6.07, 6.45) is 3.41. The summed E-state index contributed by atoms with van der Waals surface area (Å²) in [5, 5.41) is 0. The largest absolute Gasteiger partial charge is 0.458 e. The predicted octanol–water partition coefficient (Wildman–Crippen LogP) is 3.63. The van der Waals surface area contributed by atoms with Crippen molar-refractivity contribution in [1.82, 2.24) is 0 Å². The van der Waals surface area contributed by atoms with Crippen LogP contribution in [0.15, 0.2) is 30.3 Å². The molecule has 0 spiro atoms. The van der Waals surface area contributed by atoms with Crippen LogP contribution in [0.25, 0.3) is 0 Å². The van der Waals surface area contributed by atoms with E-state index < -0.39 is 0 Å². The molecule has 3 unspecified atom stereocenters. The number of aldehydes is 1. The van der Waals surface area contributed by atoms with Gasteiger partial charge in [0, 0.05) is 10.8 Å². The first-order valence-corrected chi connectivity index (χ1v) is 7.59. The van der Waals surface area contributed by atoms with Crippen molar-refractivity contribution in [2.75, 3.05) is 0 Å². The number of ether oxygens (including phenoxy) is 1. The Hall–Kier alpha value is -1.64. The van der Waals surface area contributed by atoms with Gasteiger partial charge in [0.2, 0.25) is 0 Å². The number of carbonyl (C=O) groups excluding carboxylic acids is 2. The highest BCUT2D eigenvalue weighted by Gasteiger charge is 2.70. The van der Waals surface area contributed by atoms with Crippen molar-refractivity contribution in [2.45, 2.75) is 46.1 Å². The van der Waals surface area contributed by atoms with Crippen molar-refractivity contribution in [3.05, 3.63) is 35.9 Å². The van der Waals surface area contributed by atoms with Crippen LogP contribution in [0.5, 0.6) is 0 Å². The molecule has 1 aromatic carbocycles. The molecule has 112 valence electrons. The van der Waals surface area contributed by atoms with E-state index in [1.807, 2.05) is 18.2 Å². The zero-order valence-corrected chi connectivity index (χ0v) is 12.9. The van der Waals surface area contributed by atoms with Gasteiger partial charge in [-0.3, -0.25) is 0 Å². The summed E-state index contributed by atoms with van der Waals surface area (Å²) >= 11 is 0. The predicted molar refractivity (Wildman–Crippen MR) is 79.9 cm³/mol. The normalized spacial score (nSPS) is 36.4. The summed E-state index contributed by atoms with van der Waals surface area (Å²) in [5.74, 6) is -0.286. The van der Waals surface area contributed by atoms with Crippen LogP contribution in [0.2, 0.25) is 0 Å². The monoisotopic (exact) mass is 286 g/mol. The average molecular weight is 286 g/mol. The quantitative estimate of drug-likeness (QED) is 0.629. The highest BCUT2D eigenvalue weighted by molar-refractivity contribution is 5.89. The first-order valence-electron chi connectivity index (χ1n) is 7.59. The Bertz CT molecular complexity index is 577. The molecule has 3 atom stereocenters. The Labute approximate surface area is 125 Å². The molecule has 2 fully saturated rings. The zero-order chi connectivity index (χ0) is 15.3. The van der Waals surface area contributed by atoms with Gasteiger partial charge in [0.05, 0.1) is 5.56 Å². The fourth-order valence-electron chi connectivity index (χ4n) is 4.35. The average Bonchev–Trinajstić information content (AvgIpc) is 2.78. The highest BCUT2D eigenvalue weighted by Crippen LogP contribution is 2.71. The minimum Gasteiger partial charge on any atom is -0.458 e. The number of hydrogen-bond donors (Lipinski definition) is 0. The molecule has 3 heteroatoms. The smallest absolute Gasteiger partial charge is 0.338 e. The summed E-state index contributed by atoms with van der Waals surface area (Å²) in [5.41, 5.74) is -0.0349. The minimum absolute atomic E-state index is 0.127. The molecule has 0 saturated heterocycles. The van der Waals surface area contributed by atoms with Crippen LogP contribution in [0, 0.1) is 16.2 Å². The summed E-state index contributed by atoms with van der Waals surface area (Å²) in [4.78, 5) is 24.0. The first-order chi connectivity index (χ1) is 9.86. The zero-order valence-electron chi connectivity index (χ0n) is 12.9. The van der Waals surface area contributed by atoms with Crippen molar-refractivity contribution in [3.8, 4) is 0 Å². The van der Waals surface area contributed by atoms with Gasteiger partial charge in [-0.15, -0.1) is 0 Å². The van der Waals surface area contributed by atoms with Crippen LogP contribution in [-0.2, 0) is 9.53 Å². The third kappa shape index (κ3) is 1.73. The third-order valence-corrected chi connectivity index (χ3v) is 6.51. The van der Waals surface area contributed by atoms with Crippen LogP contribution in [0.4, 0.5) is 0 Å². The van der Waals surface area contributed by atoms with Crippen LogP contribution >= 0.6 is 0 Å². The van der Waals surface area contributed by atoms with Crippen molar-refractivity contribution in [2.24, 2.45) is 16.2 Å². The first kappa shape index (κ1) is 14.3. The Kier molecular flexibility index (Phi) is 3.01. The van der Waals surface area contributed by atoms with E-state index in [1.54, 1.807) is 12.1 Å². The second kappa shape index (κ2) is 4.43. The van der Waals surface area contributed by atoms with Crippen molar-refractivity contribution in [3.63, 3.8) is 0 Å². The maximum absolute atomic E-state index is 12.3. The van der Waals surface area contributed by atoms with Crippen LogP contribution in [0.1, 0.15) is 50.4 Å². The molecule has 0 radical (unpaired) electrons. The fourth-order valence-corrected chi connectivity index (χ4v) is 4.35. The van der Waals surface area contributed by atoms with E-state index >= 15 is 0 Å². The van der Waals surface area contributed by atoms with Gasteiger partial charge in [0.25, 0.3) is 0 Å². The molecular weight excluding hydrogens is 264 g/mol. The lowest BCUT2D eigenvalue weighted by atomic mass is 9.65. The number of carbonyl (C=O) groups is 2. The van der Waals surface area contributed by atoms with Gasteiger partial charge in [0.15, 0.2) is 0 Å². The van der Waals surface area contributed by atoms with E-state index in [9.17, 15) is 9.59 Å². The number of benzene rings is 1. The van der Waals surface area contributed by atoms with Gasteiger partial charge in [0.1, 0.15) is 12.4 Å².